The van der Waals surface area contributed by atoms with E-state index in [1.54, 1.807) is 25.7 Å². The lowest BCUT2D eigenvalue weighted by Crippen LogP contribution is -2.44. The molecule has 2 rings (SSSR count). The summed E-state index contributed by atoms with van der Waals surface area (Å²) in [6.07, 6.45) is -0.251. The minimum atomic E-state index is -1.26. The molecular weight excluding hydrogens is 345 g/mol. The molecular formula is C16H26FN5O4. The lowest BCUT2D eigenvalue weighted by atomic mass is 10.1. The van der Waals surface area contributed by atoms with Gasteiger partial charge in [0.05, 0.1) is 11.0 Å². The summed E-state index contributed by atoms with van der Waals surface area (Å²) in [4.78, 5) is 24.5. The molecule has 0 spiro atoms. The van der Waals surface area contributed by atoms with E-state index in [1.165, 1.54) is 10.9 Å². The number of alkyl carbamates (subject to hydrolysis) is 1. The number of hydrogen-bond acceptors (Lipinski definition) is 6. The zero-order chi connectivity index (χ0) is 19.5. The SMILES string of the molecule is CCn1ncc([N+](=O)[O-])c1N1CC[C@@H](F)[C@H](NC(=O)OC(C)(C)C)CC1. The number of rotatable bonds is 4. The van der Waals surface area contributed by atoms with Crippen molar-refractivity contribution in [2.24, 2.45) is 0 Å². The number of carbonyl (C=O) groups is 1. The van der Waals surface area contributed by atoms with Crippen molar-refractivity contribution in [2.75, 3.05) is 18.0 Å². The molecule has 0 radical (unpaired) electrons. The van der Waals surface area contributed by atoms with Gasteiger partial charge in [-0.1, -0.05) is 0 Å². The Balaban J connectivity index is 2.11. The Labute approximate surface area is 151 Å². The molecule has 1 amide bonds. The van der Waals surface area contributed by atoms with Crippen LogP contribution in [-0.4, -0.2) is 51.7 Å². The van der Waals surface area contributed by atoms with Gasteiger partial charge in [0.25, 0.3) is 0 Å². The summed E-state index contributed by atoms with van der Waals surface area (Å²) >= 11 is 0. The predicted octanol–water partition coefficient (Wildman–Crippen LogP) is 2.64. The van der Waals surface area contributed by atoms with Gasteiger partial charge in [-0.3, -0.25) is 10.1 Å². The molecule has 10 heteroatoms. The summed E-state index contributed by atoms with van der Waals surface area (Å²) in [5.41, 5.74) is -0.762. The Morgan fingerprint density at radius 3 is 2.69 bits per heavy atom. The van der Waals surface area contributed by atoms with Gasteiger partial charge < -0.3 is 15.0 Å². The topological polar surface area (TPSA) is 103 Å². The number of anilines is 1. The van der Waals surface area contributed by atoms with Crippen LogP contribution in [0, 0.1) is 10.1 Å². The summed E-state index contributed by atoms with van der Waals surface area (Å²) < 4.78 is 21.2. The first-order valence-corrected chi connectivity index (χ1v) is 8.71. The van der Waals surface area contributed by atoms with Gasteiger partial charge in [0.15, 0.2) is 0 Å². The minimum Gasteiger partial charge on any atom is -0.444 e. The average Bonchev–Trinajstić information content (AvgIpc) is 2.87. The number of nitro groups is 1. The van der Waals surface area contributed by atoms with E-state index in [0.29, 0.717) is 31.9 Å². The summed E-state index contributed by atoms with van der Waals surface area (Å²) in [7, 11) is 0. The molecule has 1 aliphatic heterocycles. The fourth-order valence-corrected chi connectivity index (χ4v) is 2.96. The zero-order valence-corrected chi connectivity index (χ0v) is 15.6. The van der Waals surface area contributed by atoms with Gasteiger partial charge in [0.2, 0.25) is 5.82 Å². The first kappa shape index (κ1) is 19.9. The third-order valence-corrected chi connectivity index (χ3v) is 4.11. The number of hydrogen-bond donors (Lipinski definition) is 1. The molecule has 1 aromatic rings. The summed E-state index contributed by atoms with van der Waals surface area (Å²) in [6, 6.07) is -0.702. The second-order valence-corrected chi connectivity index (χ2v) is 7.26. The van der Waals surface area contributed by atoms with Crippen LogP contribution in [0.15, 0.2) is 6.20 Å². The molecule has 0 unspecified atom stereocenters. The molecule has 26 heavy (non-hydrogen) atoms. The Kier molecular flexibility index (Phi) is 6.04. The van der Waals surface area contributed by atoms with Crippen LogP contribution < -0.4 is 10.2 Å². The normalized spacial score (nSPS) is 21.2. The second-order valence-electron chi connectivity index (χ2n) is 7.26. The van der Waals surface area contributed by atoms with E-state index in [4.69, 9.17) is 4.74 Å². The van der Waals surface area contributed by atoms with Gasteiger partial charge in [-0.25, -0.2) is 13.9 Å². The van der Waals surface area contributed by atoms with E-state index < -0.39 is 28.8 Å². The Morgan fingerprint density at radius 1 is 1.46 bits per heavy atom. The van der Waals surface area contributed by atoms with Gasteiger partial charge in [-0.15, -0.1) is 0 Å². The number of aromatic nitrogens is 2. The highest BCUT2D eigenvalue weighted by atomic mass is 19.1. The van der Waals surface area contributed by atoms with Crippen molar-refractivity contribution in [1.29, 1.82) is 0 Å². The van der Waals surface area contributed by atoms with Gasteiger partial charge in [-0.2, -0.15) is 5.10 Å². The summed E-state index contributed by atoms with van der Waals surface area (Å²) in [6.45, 7) is 8.19. The molecule has 0 saturated carbocycles. The van der Waals surface area contributed by atoms with Crippen LogP contribution in [0.4, 0.5) is 20.7 Å². The van der Waals surface area contributed by atoms with E-state index >= 15 is 0 Å². The number of carbonyl (C=O) groups excluding carboxylic acids is 1. The van der Waals surface area contributed by atoms with Crippen molar-refractivity contribution in [3.63, 3.8) is 0 Å². The van der Waals surface area contributed by atoms with Crippen LogP contribution in [0.2, 0.25) is 0 Å². The van der Waals surface area contributed by atoms with Crippen molar-refractivity contribution in [3.05, 3.63) is 16.3 Å². The summed E-state index contributed by atoms with van der Waals surface area (Å²) in [5.74, 6) is 0.377. The van der Waals surface area contributed by atoms with Crippen LogP contribution >= 0.6 is 0 Å². The predicted molar refractivity (Wildman–Crippen MR) is 94.1 cm³/mol. The van der Waals surface area contributed by atoms with E-state index in [1.807, 2.05) is 6.92 Å². The lowest BCUT2D eigenvalue weighted by Gasteiger charge is -2.24. The number of nitrogens with zero attached hydrogens (tertiary/aromatic N) is 4. The number of nitrogens with one attached hydrogen (secondary N) is 1. The van der Waals surface area contributed by atoms with Gasteiger partial charge in [0, 0.05) is 19.6 Å². The number of halogens is 1. The van der Waals surface area contributed by atoms with Crippen LogP contribution in [0.25, 0.3) is 0 Å². The highest BCUT2D eigenvalue weighted by Gasteiger charge is 2.33. The average molecular weight is 371 g/mol. The maximum absolute atomic E-state index is 14.5. The first-order chi connectivity index (χ1) is 12.1. The fraction of sp³-hybridized carbons (Fsp3) is 0.750. The molecule has 1 N–H and O–H groups in total. The molecule has 0 bridgehead atoms. The Hall–Kier alpha value is -2.39. The molecule has 0 aliphatic carbocycles. The molecule has 2 atom stereocenters. The number of ether oxygens (including phenoxy) is 1. The Morgan fingerprint density at radius 2 is 2.12 bits per heavy atom. The molecule has 9 nitrogen and oxygen atoms in total. The van der Waals surface area contributed by atoms with Gasteiger partial charge >= 0.3 is 11.8 Å². The second kappa shape index (κ2) is 7.88. The van der Waals surface area contributed by atoms with Gasteiger partial charge in [-0.05, 0) is 40.5 Å². The molecule has 1 fully saturated rings. The fourth-order valence-electron chi connectivity index (χ4n) is 2.96. The standard InChI is InChI=1S/C16H26FN5O4/c1-5-21-14(13(10-18-21)22(24)25)20-8-6-11(17)12(7-9-20)19-15(23)26-16(2,3)4/h10-12H,5-9H2,1-4H3,(H,19,23)/t11-,12-/m1/s1. The van der Waals surface area contributed by atoms with Crippen LogP contribution in [0.1, 0.15) is 40.5 Å². The van der Waals surface area contributed by atoms with Crippen molar-refractivity contribution in [1.82, 2.24) is 15.1 Å². The number of aryl methyl sites for hydroxylation is 1. The molecule has 146 valence electrons. The van der Waals surface area contributed by atoms with E-state index in [9.17, 15) is 19.3 Å². The van der Waals surface area contributed by atoms with Gasteiger partial charge in [0.1, 0.15) is 18.0 Å². The third kappa shape index (κ3) is 4.83. The first-order valence-electron chi connectivity index (χ1n) is 8.71. The van der Waals surface area contributed by atoms with Crippen molar-refractivity contribution < 1.29 is 18.8 Å². The van der Waals surface area contributed by atoms with Crippen LogP contribution in [-0.2, 0) is 11.3 Å². The quantitative estimate of drug-likeness (QED) is 0.645. The maximum Gasteiger partial charge on any atom is 0.407 e. The minimum absolute atomic E-state index is 0.0965. The highest BCUT2D eigenvalue weighted by molar-refractivity contribution is 5.68. The van der Waals surface area contributed by atoms with Crippen molar-refractivity contribution in [3.8, 4) is 0 Å². The maximum atomic E-state index is 14.5. The molecule has 1 aromatic heterocycles. The van der Waals surface area contributed by atoms with Crippen LogP contribution in [0.3, 0.4) is 0 Å². The van der Waals surface area contributed by atoms with E-state index in [2.05, 4.69) is 10.4 Å². The summed E-state index contributed by atoms with van der Waals surface area (Å²) in [5, 5.41) is 17.9. The molecule has 1 saturated heterocycles. The molecule has 1 aliphatic rings. The largest absolute Gasteiger partial charge is 0.444 e. The van der Waals surface area contributed by atoms with E-state index in [-0.39, 0.29) is 12.1 Å². The Bertz CT molecular complexity index is 658. The lowest BCUT2D eigenvalue weighted by molar-refractivity contribution is -0.384. The highest BCUT2D eigenvalue weighted by Crippen LogP contribution is 2.30. The molecule has 2 heterocycles. The monoisotopic (exact) mass is 371 g/mol. The van der Waals surface area contributed by atoms with Crippen LogP contribution in [0.5, 0.6) is 0 Å². The van der Waals surface area contributed by atoms with Crippen molar-refractivity contribution in [2.45, 2.75) is 64.9 Å². The smallest absolute Gasteiger partial charge is 0.407 e. The van der Waals surface area contributed by atoms with Crippen molar-refractivity contribution >= 4 is 17.6 Å². The molecule has 0 aromatic carbocycles. The number of alkyl halides is 1. The third-order valence-electron chi connectivity index (χ3n) is 4.11. The number of amides is 1. The van der Waals surface area contributed by atoms with E-state index in [0.717, 1.165) is 0 Å². The zero-order valence-electron chi connectivity index (χ0n) is 15.6.